The highest BCUT2D eigenvalue weighted by molar-refractivity contribution is 5.78. The summed E-state index contributed by atoms with van der Waals surface area (Å²) < 4.78 is 0. The molecule has 1 amide bonds. The highest BCUT2D eigenvalue weighted by atomic mass is 16.3. The molecule has 1 heterocycles. The molecule has 1 aliphatic heterocycles. The molecule has 5 nitrogen and oxygen atoms in total. The molecule has 1 aliphatic rings. The minimum absolute atomic E-state index is 0.0590. The number of piperazine rings is 1. The van der Waals surface area contributed by atoms with Gasteiger partial charge in [-0.2, -0.15) is 0 Å². The first-order valence-electron chi connectivity index (χ1n) is 6.98. The number of aliphatic hydroxyl groups excluding tert-OH is 1. The van der Waals surface area contributed by atoms with E-state index in [4.69, 9.17) is 10.2 Å². The smallest absolute Gasteiger partial charge is 0.225 e. The Morgan fingerprint density at radius 2 is 1.68 bits per heavy atom. The average Bonchev–Trinajstić information content (AvgIpc) is 2.28. The third-order valence-corrected chi connectivity index (χ3v) is 3.03. The summed E-state index contributed by atoms with van der Waals surface area (Å²) in [6.45, 7) is 11.1. The van der Waals surface area contributed by atoms with Crippen molar-refractivity contribution >= 4 is 5.91 Å². The lowest BCUT2D eigenvalue weighted by Crippen LogP contribution is -2.48. The standard InChI is InChI=1S/C9H18N2O.C5H12O2/c1-8(2)9(12)11-6-4-10(3)5-7-11;1-5(2,7)3-4-6/h8H,4-7H2,1-3H3;6-7H,3-4H2,1-2H3. The number of rotatable bonds is 3. The van der Waals surface area contributed by atoms with Crippen molar-refractivity contribution in [2.75, 3.05) is 39.8 Å². The molecule has 1 fully saturated rings. The summed E-state index contributed by atoms with van der Waals surface area (Å²) in [5.41, 5.74) is -0.700. The van der Waals surface area contributed by atoms with Crippen LogP contribution in [0.15, 0.2) is 0 Å². The molecule has 0 aromatic carbocycles. The largest absolute Gasteiger partial charge is 0.396 e. The Hall–Kier alpha value is -0.650. The number of hydrogen-bond acceptors (Lipinski definition) is 4. The van der Waals surface area contributed by atoms with Gasteiger partial charge in [0.2, 0.25) is 5.91 Å². The third-order valence-electron chi connectivity index (χ3n) is 3.03. The zero-order valence-electron chi connectivity index (χ0n) is 13.0. The molecule has 0 spiro atoms. The van der Waals surface area contributed by atoms with Crippen LogP contribution in [0.25, 0.3) is 0 Å². The van der Waals surface area contributed by atoms with Crippen LogP contribution in [-0.4, -0.2) is 71.4 Å². The molecular weight excluding hydrogens is 244 g/mol. The third kappa shape index (κ3) is 8.97. The van der Waals surface area contributed by atoms with Gasteiger partial charge in [0.05, 0.1) is 5.60 Å². The molecule has 114 valence electrons. The molecule has 0 radical (unpaired) electrons. The number of carbonyl (C=O) groups excluding carboxylic acids is 1. The molecule has 0 aromatic rings. The van der Waals surface area contributed by atoms with Crippen molar-refractivity contribution in [3.8, 4) is 0 Å². The quantitative estimate of drug-likeness (QED) is 0.789. The number of hydrogen-bond donors (Lipinski definition) is 2. The Morgan fingerprint density at radius 1 is 1.21 bits per heavy atom. The van der Waals surface area contributed by atoms with Crippen molar-refractivity contribution in [1.82, 2.24) is 9.80 Å². The number of carbonyl (C=O) groups is 1. The molecule has 0 bridgehead atoms. The molecule has 0 saturated carbocycles. The van der Waals surface area contributed by atoms with Crippen LogP contribution in [0.2, 0.25) is 0 Å². The van der Waals surface area contributed by atoms with Crippen LogP contribution in [0.1, 0.15) is 34.1 Å². The first-order chi connectivity index (χ1) is 8.67. The van der Waals surface area contributed by atoms with Crippen LogP contribution in [0, 0.1) is 5.92 Å². The SMILES string of the molecule is CC(C)(O)CCO.CC(C)C(=O)N1CCN(C)CC1. The van der Waals surface area contributed by atoms with E-state index < -0.39 is 5.60 Å². The molecule has 19 heavy (non-hydrogen) atoms. The van der Waals surface area contributed by atoms with Gasteiger partial charge >= 0.3 is 0 Å². The minimum Gasteiger partial charge on any atom is -0.396 e. The molecule has 0 aliphatic carbocycles. The average molecular weight is 274 g/mol. The maximum absolute atomic E-state index is 11.5. The zero-order valence-corrected chi connectivity index (χ0v) is 13.0. The second-order valence-corrected chi connectivity index (χ2v) is 6.07. The van der Waals surface area contributed by atoms with Gasteiger partial charge in [-0.1, -0.05) is 13.8 Å². The Labute approximate surface area is 117 Å². The van der Waals surface area contributed by atoms with Crippen molar-refractivity contribution in [3.63, 3.8) is 0 Å². The van der Waals surface area contributed by atoms with Crippen molar-refractivity contribution < 1.29 is 15.0 Å². The maximum atomic E-state index is 11.5. The zero-order chi connectivity index (χ0) is 15.1. The van der Waals surface area contributed by atoms with Crippen molar-refractivity contribution in [2.24, 2.45) is 5.92 Å². The monoisotopic (exact) mass is 274 g/mol. The van der Waals surface area contributed by atoms with Gasteiger partial charge in [-0.25, -0.2) is 0 Å². The summed E-state index contributed by atoms with van der Waals surface area (Å²) in [7, 11) is 2.09. The van der Waals surface area contributed by atoms with Crippen molar-refractivity contribution in [2.45, 2.75) is 39.7 Å². The van der Waals surface area contributed by atoms with Crippen LogP contribution >= 0.6 is 0 Å². The van der Waals surface area contributed by atoms with Crippen molar-refractivity contribution in [3.05, 3.63) is 0 Å². The first kappa shape index (κ1) is 18.4. The normalized spacial score (nSPS) is 17.2. The topological polar surface area (TPSA) is 64.0 Å². The summed E-state index contributed by atoms with van der Waals surface area (Å²) in [6.07, 6.45) is 0.451. The number of amides is 1. The first-order valence-corrected chi connectivity index (χ1v) is 6.98. The summed E-state index contributed by atoms with van der Waals surface area (Å²) in [5.74, 6) is 0.441. The van der Waals surface area contributed by atoms with Crippen LogP contribution in [0.5, 0.6) is 0 Å². The van der Waals surface area contributed by atoms with E-state index >= 15 is 0 Å². The lowest BCUT2D eigenvalue weighted by atomic mass is 10.1. The molecular formula is C14H30N2O3. The fourth-order valence-corrected chi connectivity index (χ4v) is 1.67. The van der Waals surface area contributed by atoms with E-state index in [0.717, 1.165) is 26.2 Å². The van der Waals surface area contributed by atoms with E-state index in [1.165, 1.54) is 0 Å². The van der Waals surface area contributed by atoms with E-state index in [-0.39, 0.29) is 12.5 Å². The fraction of sp³-hybridized carbons (Fsp3) is 0.929. The predicted molar refractivity (Wildman–Crippen MR) is 76.9 cm³/mol. The van der Waals surface area contributed by atoms with E-state index in [9.17, 15) is 4.79 Å². The Morgan fingerprint density at radius 3 is 1.95 bits per heavy atom. The van der Waals surface area contributed by atoms with E-state index in [1.807, 2.05) is 18.7 Å². The number of aliphatic hydroxyl groups is 2. The van der Waals surface area contributed by atoms with E-state index in [2.05, 4.69) is 11.9 Å². The van der Waals surface area contributed by atoms with Gasteiger partial charge in [-0.05, 0) is 27.3 Å². The Kier molecular flexibility index (Phi) is 8.22. The predicted octanol–water partition coefficient (Wildman–Crippen LogP) is 0.556. The summed E-state index contributed by atoms with van der Waals surface area (Å²) >= 11 is 0. The molecule has 5 heteroatoms. The molecule has 1 rings (SSSR count). The van der Waals surface area contributed by atoms with E-state index in [0.29, 0.717) is 12.3 Å². The lowest BCUT2D eigenvalue weighted by Gasteiger charge is -2.33. The van der Waals surface area contributed by atoms with Crippen LogP contribution < -0.4 is 0 Å². The summed E-state index contributed by atoms with van der Waals surface area (Å²) in [4.78, 5) is 15.7. The highest BCUT2D eigenvalue weighted by Gasteiger charge is 2.20. The van der Waals surface area contributed by atoms with Crippen LogP contribution in [0.4, 0.5) is 0 Å². The lowest BCUT2D eigenvalue weighted by molar-refractivity contribution is -0.136. The van der Waals surface area contributed by atoms with Crippen molar-refractivity contribution in [1.29, 1.82) is 0 Å². The van der Waals surface area contributed by atoms with Gasteiger partial charge in [-0.3, -0.25) is 4.79 Å². The second-order valence-electron chi connectivity index (χ2n) is 6.07. The highest BCUT2D eigenvalue weighted by Crippen LogP contribution is 2.05. The molecule has 0 unspecified atom stereocenters. The van der Waals surface area contributed by atoms with Gasteiger partial charge in [0.25, 0.3) is 0 Å². The van der Waals surface area contributed by atoms with Gasteiger partial charge < -0.3 is 20.0 Å². The Bertz CT molecular complexity index is 254. The number of nitrogens with zero attached hydrogens (tertiary/aromatic N) is 2. The summed E-state index contributed by atoms with van der Waals surface area (Å²) in [5, 5.41) is 17.1. The molecule has 2 N–H and O–H groups in total. The molecule has 1 saturated heterocycles. The Balaban J connectivity index is 0.000000399. The van der Waals surface area contributed by atoms with E-state index in [1.54, 1.807) is 13.8 Å². The van der Waals surface area contributed by atoms with Crippen LogP contribution in [0.3, 0.4) is 0 Å². The van der Waals surface area contributed by atoms with Gasteiger partial charge in [0.15, 0.2) is 0 Å². The van der Waals surface area contributed by atoms with Gasteiger partial charge in [0.1, 0.15) is 0 Å². The van der Waals surface area contributed by atoms with Crippen LogP contribution in [-0.2, 0) is 4.79 Å². The molecule has 0 aromatic heterocycles. The second kappa shape index (κ2) is 8.51. The molecule has 0 atom stereocenters. The van der Waals surface area contributed by atoms with Gasteiger partial charge in [0, 0.05) is 38.7 Å². The maximum Gasteiger partial charge on any atom is 0.225 e. The minimum atomic E-state index is -0.700. The fourth-order valence-electron chi connectivity index (χ4n) is 1.67. The number of likely N-dealkylation sites (N-methyl/N-ethyl adjacent to an activating group) is 1. The summed E-state index contributed by atoms with van der Waals surface area (Å²) in [6, 6.07) is 0. The van der Waals surface area contributed by atoms with Gasteiger partial charge in [-0.15, -0.1) is 0 Å².